The molecule has 0 amide bonds. The molecule has 112 valence electrons. The average Bonchev–Trinajstić information content (AvgIpc) is 2.87. The molecule has 6 heteroatoms. The van der Waals surface area contributed by atoms with Crippen molar-refractivity contribution in [2.45, 2.75) is 49.2 Å². The van der Waals surface area contributed by atoms with Gasteiger partial charge in [0.05, 0.1) is 0 Å². The lowest BCUT2D eigenvalue weighted by Crippen LogP contribution is -2.43. The van der Waals surface area contributed by atoms with Crippen LogP contribution in [0.15, 0.2) is 20.1 Å². The van der Waals surface area contributed by atoms with Crippen LogP contribution in [0.2, 0.25) is 0 Å². The number of hydrogen-bond acceptors (Lipinski definition) is 3. The molecule has 1 aliphatic heterocycles. The molecule has 3 nitrogen and oxygen atoms in total. The minimum atomic E-state index is -3.30. The van der Waals surface area contributed by atoms with Crippen LogP contribution < -0.4 is 0 Å². The van der Waals surface area contributed by atoms with E-state index in [1.54, 1.807) is 4.31 Å². The van der Waals surface area contributed by atoms with Crippen LogP contribution in [0.25, 0.3) is 0 Å². The maximum Gasteiger partial charge on any atom is 0.253 e. The van der Waals surface area contributed by atoms with Crippen molar-refractivity contribution in [2.75, 3.05) is 13.1 Å². The molecule has 1 spiro atoms. The summed E-state index contributed by atoms with van der Waals surface area (Å²) in [5, 5.41) is 1.82. The molecule has 20 heavy (non-hydrogen) atoms. The molecule has 2 aliphatic rings. The molecule has 1 saturated carbocycles. The summed E-state index contributed by atoms with van der Waals surface area (Å²) in [7, 11) is -3.30. The topological polar surface area (TPSA) is 37.4 Å². The van der Waals surface area contributed by atoms with Crippen molar-refractivity contribution in [2.24, 2.45) is 5.41 Å². The Labute approximate surface area is 133 Å². The van der Waals surface area contributed by atoms with Crippen molar-refractivity contribution < 1.29 is 8.42 Å². The molecule has 0 bridgehead atoms. The van der Waals surface area contributed by atoms with Gasteiger partial charge < -0.3 is 0 Å². The van der Waals surface area contributed by atoms with Gasteiger partial charge in [0.25, 0.3) is 10.0 Å². The highest BCUT2D eigenvalue weighted by atomic mass is 79.9. The second-order valence-corrected chi connectivity index (χ2v) is 9.92. The minimum absolute atomic E-state index is 0.441. The van der Waals surface area contributed by atoms with Gasteiger partial charge in [0.1, 0.15) is 4.21 Å². The van der Waals surface area contributed by atoms with Crippen molar-refractivity contribution in [3.8, 4) is 0 Å². The van der Waals surface area contributed by atoms with Gasteiger partial charge in [0.2, 0.25) is 0 Å². The maximum absolute atomic E-state index is 12.6. The van der Waals surface area contributed by atoms with Crippen LogP contribution in [-0.2, 0) is 10.0 Å². The van der Waals surface area contributed by atoms with Crippen molar-refractivity contribution in [1.29, 1.82) is 0 Å². The van der Waals surface area contributed by atoms with Gasteiger partial charge in [-0.3, -0.25) is 0 Å². The Bertz CT molecular complexity index is 566. The molecule has 0 radical (unpaired) electrons. The lowest BCUT2D eigenvalue weighted by molar-refractivity contribution is 0.102. The molecule has 0 N–H and O–H groups in total. The standard InChI is InChI=1S/C14H20BrNO2S2/c15-12-4-11-19-13(12)20(17,18)16-9-7-14(8-10-16)5-2-1-3-6-14/h4,11H,1-3,5-10H2. The Morgan fingerprint density at radius 2 is 1.75 bits per heavy atom. The number of halogens is 1. The summed E-state index contributed by atoms with van der Waals surface area (Å²) in [6, 6.07) is 1.81. The summed E-state index contributed by atoms with van der Waals surface area (Å²) in [5.74, 6) is 0. The van der Waals surface area contributed by atoms with Gasteiger partial charge in [0.15, 0.2) is 0 Å². The van der Waals surface area contributed by atoms with E-state index < -0.39 is 10.0 Å². The van der Waals surface area contributed by atoms with Crippen LogP contribution in [-0.4, -0.2) is 25.8 Å². The summed E-state index contributed by atoms with van der Waals surface area (Å²) in [6.45, 7) is 1.37. The largest absolute Gasteiger partial charge is 0.253 e. The van der Waals surface area contributed by atoms with Gasteiger partial charge in [-0.05, 0) is 58.5 Å². The zero-order valence-corrected chi connectivity index (χ0v) is 14.7. The Hall–Kier alpha value is 0.0900. The Balaban J connectivity index is 1.73. The highest BCUT2D eigenvalue weighted by Crippen LogP contribution is 2.45. The van der Waals surface area contributed by atoms with Gasteiger partial charge in [-0.25, -0.2) is 8.42 Å². The third-order valence-electron chi connectivity index (χ3n) is 4.86. The molecule has 2 heterocycles. The summed E-state index contributed by atoms with van der Waals surface area (Å²) < 4.78 is 28.1. The smallest absolute Gasteiger partial charge is 0.206 e. The molecule has 3 rings (SSSR count). The molecule has 1 saturated heterocycles. The molecule has 0 aromatic carbocycles. The van der Waals surface area contributed by atoms with Gasteiger partial charge in [-0.15, -0.1) is 11.3 Å². The van der Waals surface area contributed by atoms with Crippen molar-refractivity contribution in [3.63, 3.8) is 0 Å². The van der Waals surface area contributed by atoms with Crippen molar-refractivity contribution in [1.82, 2.24) is 4.31 Å². The van der Waals surface area contributed by atoms with E-state index in [9.17, 15) is 8.42 Å². The molecule has 1 aromatic rings. The molecule has 2 fully saturated rings. The molecular weight excluding hydrogens is 358 g/mol. The lowest BCUT2D eigenvalue weighted by Gasteiger charge is -2.43. The first-order valence-electron chi connectivity index (χ1n) is 7.27. The second kappa shape index (κ2) is 5.71. The molecule has 1 aliphatic carbocycles. The number of sulfonamides is 1. The fourth-order valence-corrected chi connectivity index (χ4v) is 7.47. The van der Waals surface area contributed by atoms with Crippen LogP contribution in [0, 0.1) is 5.41 Å². The van der Waals surface area contributed by atoms with Gasteiger partial charge in [-0.2, -0.15) is 4.31 Å². The Kier molecular flexibility index (Phi) is 4.28. The van der Waals surface area contributed by atoms with Gasteiger partial charge in [0, 0.05) is 17.6 Å². The SMILES string of the molecule is O=S(=O)(c1sccc1Br)N1CCC2(CCCCC2)CC1. The van der Waals surface area contributed by atoms with Crippen LogP contribution in [0.5, 0.6) is 0 Å². The van der Waals surface area contributed by atoms with E-state index in [0.717, 1.165) is 12.8 Å². The molecular formula is C14H20BrNO2S2. The first-order chi connectivity index (χ1) is 9.54. The highest BCUT2D eigenvalue weighted by molar-refractivity contribution is 9.10. The first kappa shape index (κ1) is 15.0. The summed E-state index contributed by atoms with van der Waals surface area (Å²) in [5.41, 5.74) is 0.441. The Morgan fingerprint density at radius 1 is 1.10 bits per heavy atom. The van der Waals surface area contributed by atoms with E-state index in [1.165, 1.54) is 43.4 Å². The van der Waals surface area contributed by atoms with Crippen molar-refractivity contribution in [3.05, 3.63) is 15.9 Å². The average molecular weight is 378 g/mol. The third-order valence-corrected chi connectivity index (χ3v) is 9.40. The van der Waals surface area contributed by atoms with Crippen LogP contribution >= 0.6 is 27.3 Å². The number of piperidine rings is 1. The van der Waals surface area contributed by atoms with Crippen LogP contribution in [0.1, 0.15) is 44.9 Å². The zero-order chi connectivity index (χ0) is 14.2. The van der Waals surface area contributed by atoms with E-state index in [4.69, 9.17) is 0 Å². The fraction of sp³-hybridized carbons (Fsp3) is 0.714. The van der Waals surface area contributed by atoms with E-state index in [0.29, 0.717) is 27.2 Å². The summed E-state index contributed by atoms with van der Waals surface area (Å²) >= 11 is 4.64. The summed E-state index contributed by atoms with van der Waals surface area (Å²) in [4.78, 5) is 0. The monoisotopic (exact) mass is 377 g/mol. The van der Waals surface area contributed by atoms with E-state index in [2.05, 4.69) is 15.9 Å². The predicted molar refractivity (Wildman–Crippen MR) is 85.5 cm³/mol. The normalized spacial score (nSPS) is 24.1. The van der Waals surface area contributed by atoms with Crippen LogP contribution in [0.4, 0.5) is 0 Å². The third kappa shape index (κ3) is 2.72. The number of hydrogen-bond donors (Lipinski definition) is 0. The molecule has 0 unspecified atom stereocenters. The van der Waals surface area contributed by atoms with E-state index in [1.807, 2.05) is 11.4 Å². The second-order valence-electron chi connectivity index (χ2n) is 6.02. The molecule has 1 aromatic heterocycles. The van der Waals surface area contributed by atoms with Gasteiger partial charge >= 0.3 is 0 Å². The first-order valence-corrected chi connectivity index (χ1v) is 10.4. The zero-order valence-electron chi connectivity index (χ0n) is 11.5. The number of nitrogens with zero attached hydrogens (tertiary/aromatic N) is 1. The fourth-order valence-electron chi connectivity index (χ4n) is 3.58. The van der Waals surface area contributed by atoms with E-state index in [-0.39, 0.29) is 0 Å². The Morgan fingerprint density at radius 3 is 2.30 bits per heavy atom. The van der Waals surface area contributed by atoms with Gasteiger partial charge in [-0.1, -0.05) is 19.3 Å². The molecule has 0 atom stereocenters. The summed E-state index contributed by atoms with van der Waals surface area (Å²) in [6.07, 6.45) is 8.66. The number of rotatable bonds is 2. The van der Waals surface area contributed by atoms with Crippen molar-refractivity contribution >= 4 is 37.3 Å². The predicted octanol–water partition coefficient (Wildman–Crippen LogP) is 4.25. The van der Waals surface area contributed by atoms with E-state index >= 15 is 0 Å². The van der Waals surface area contributed by atoms with Crippen LogP contribution in [0.3, 0.4) is 0 Å². The number of thiophene rings is 1. The minimum Gasteiger partial charge on any atom is -0.206 e. The quantitative estimate of drug-likeness (QED) is 0.772. The maximum atomic E-state index is 12.6. The highest BCUT2D eigenvalue weighted by Gasteiger charge is 2.39. The lowest BCUT2D eigenvalue weighted by atomic mass is 9.68.